The summed E-state index contributed by atoms with van der Waals surface area (Å²) in [6, 6.07) is 11.6. The molecule has 132 valence electrons. The lowest BCUT2D eigenvalue weighted by Gasteiger charge is -2.22. The van der Waals surface area contributed by atoms with E-state index in [-0.39, 0.29) is 6.03 Å². The molecule has 0 fully saturated rings. The lowest BCUT2D eigenvalue weighted by Crippen LogP contribution is -2.40. The fraction of sp³-hybridized carbons (Fsp3) is 0.350. The number of urea groups is 1. The standard InChI is InChI=1S/C20H22F2N2O/c1-24(13-16-7-6-15-4-2-3-5-19(15)16)20(25)23-9-8-14-10-17(21)12-18(22)11-14/h2-5,10-12,16H,6-9,13H2,1H3,(H,23,25). The number of carbonyl (C=O) groups is 1. The Morgan fingerprint density at radius 1 is 1.20 bits per heavy atom. The van der Waals surface area contributed by atoms with Crippen LogP contribution in [0.4, 0.5) is 13.6 Å². The molecule has 0 heterocycles. The fourth-order valence-electron chi connectivity index (χ4n) is 3.45. The van der Waals surface area contributed by atoms with Crippen LogP contribution in [0.2, 0.25) is 0 Å². The highest BCUT2D eigenvalue weighted by Gasteiger charge is 2.24. The van der Waals surface area contributed by atoms with Crippen LogP contribution in [-0.2, 0) is 12.8 Å². The SMILES string of the molecule is CN(CC1CCc2ccccc21)C(=O)NCCc1cc(F)cc(F)c1. The molecule has 0 bridgehead atoms. The van der Waals surface area contributed by atoms with Crippen molar-refractivity contribution in [2.75, 3.05) is 20.1 Å². The van der Waals surface area contributed by atoms with Gasteiger partial charge in [-0.15, -0.1) is 0 Å². The molecule has 3 nitrogen and oxygen atoms in total. The minimum atomic E-state index is -0.599. The van der Waals surface area contributed by atoms with Crippen molar-refractivity contribution in [3.63, 3.8) is 0 Å². The molecule has 0 radical (unpaired) electrons. The molecule has 0 saturated heterocycles. The van der Waals surface area contributed by atoms with Crippen molar-refractivity contribution >= 4 is 6.03 Å². The third-order valence-electron chi connectivity index (χ3n) is 4.71. The number of fused-ring (bicyclic) bond motifs is 1. The summed E-state index contributed by atoms with van der Waals surface area (Å²) in [6.45, 7) is 1.00. The van der Waals surface area contributed by atoms with Gasteiger partial charge in [-0.3, -0.25) is 0 Å². The van der Waals surface area contributed by atoms with Crippen LogP contribution in [0, 0.1) is 11.6 Å². The van der Waals surface area contributed by atoms with E-state index in [0.717, 1.165) is 18.9 Å². The number of aryl methyl sites for hydroxylation is 1. The highest BCUT2D eigenvalue weighted by atomic mass is 19.1. The van der Waals surface area contributed by atoms with Gasteiger partial charge < -0.3 is 10.2 Å². The fourth-order valence-corrected chi connectivity index (χ4v) is 3.45. The molecule has 2 aromatic carbocycles. The molecule has 2 amide bonds. The van der Waals surface area contributed by atoms with E-state index < -0.39 is 11.6 Å². The Balaban J connectivity index is 1.48. The van der Waals surface area contributed by atoms with Gasteiger partial charge in [0, 0.05) is 32.1 Å². The Morgan fingerprint density at radius 3 is 2.68 bits per heavy atom. The first kappa shape index (κ1) is 17.4. The van der Waals surface area contributed by atoms with E-state index >= 15 is 0 Å². The molecule has 5 heteroatoms. The van der Waals surface area contributed by atoms with Crippen molar-refractivity contribution < 1.29 is 13.6 Å². The zero-order chi connectivity index (χ0) is 17.8. The molecule has 2 aromatic rings. The summed E-state index contributed by atoms with van der Waals surface area (Å²) in [4.78, 5) is 13.9. The molecule has 0 aromatic heterocycles. The van der Waals surface area contributed by atoms with E-state index in [4.69, 9.17) is 0 Å². The van der Waals surface area contributed by atoms with Crippen molar-refractivity contribution in [2.24, 2.45) is 0 Å². The number of rotatable bonds is 5. The maximum atomic E-state index is 13.2. The third kappa shape index (κ3) is 4.35. The van der Waals surface area contributed by atoms with Crippen molar-refractivity contribution in [1.82, 2.24) is 10.2 Å². The second-order valence-corrected chi connectivity index (χ2v) is 6.57. The monoisotopic (exact) mass is 344 g/mol. The number of nitrogens with zero attached hydrogens (tertiary/aromatic N) is 1. The molecule has 0 spiro atoms. The summed E-state index contributed by atoms with van der Waals surface area (Å²) < 4.78 is 26.3. The number of hydrogen-bond acceptors (Lipinski definition) is 1. The van der Waals surface area contributed by atoms with Gasteiger partial charge in [-0.05, 0) is 48.1 Å². The maximum Gasteiger partial charge on any atom is 0.317 e. The van der Waals surface area contributed by atoms with E-state index in [0.29, 0.717) is 31.0 Å². The van der Waals surface area contributed by atoms with Gasteiger partial charge in [0.25, 0.3) is 0 Å². The molecule has 1 atom stereocenters. The normalized spacial score (nSPS) is 15.7. The second-order valence-electron chi connectivity index (χ2n) is 6.57. The number of benzene rings is 2. The molecule has 1 unspecified atom stereocenters. The van der Waals surface area contributed by atoms with Crippen LogP contribution in [0.15, 0.2) is 42.5 Å². The third-order valence-corrected chi connectivity index (χ3v) is 4.71. The Hall–Kier alpha value is -2.43. The summed E-state index contributed by atoms with van der Waals surface area (Å²) in [7, 11) is 1.78. The van der Waals surface area contributed by atoms with Crippen LogP contribution in [0.5, 0.6) is 0 Å². The molecule has 3 rings (SSSR count). The first-order valence-electron chi connectivity index (χ1n) is 8.54. The molecule has 0 saturated carbocycles. The topological polar surface area (TPSA) is 32.3 Å². The first-order chi connectivity index (χ1) is 12.0. The zero-order valence-corrected chi connectivity index (χ0v) is 14.3. The summed E-state index contributed by atoms with van der Waals surface area (Å²) in [5.74, 6) is -0.832. The minimum Gasteiger partial charge on any atom is -0.338 e. The maximum absolute atomic E-state index is 13.2. The van der Waals surface area contributed by atoms with Crippen molar-refractivity contribution in [3.8, 4) is 0 Å². The number of likely N-dealkylation sites (N-methyl/N-ethyl adjacent to an activating group) is 1. The molecule has 0 aliphatic heterocycles. The van der Waals surface area contributed by atoms with Gasteiger partial charge in [0.15, 0.2) is 0 Å². The van der Waals surface area contributed by atoms with Crippen LogP contribution in [0.1, 0.15) is 29.0 Å². The second kappa shape index (κ2) is 7.64. The van der Waals surface area contributed by atoms with E-state index in [2.05, 4.69) is 17.4 Å². The number of carbonyl (C=O) groups excluding carboxylic acids is 1. The molecule has 25 heavy (non-hydrogen) atoms. The van der Waals surface area contributed by atoms with Crippen molar-refractivity contribution in [3.05, 3.63) is 70.8 Å². The van der Waals surface area contributed by atoms with Crippen molar-refractivity contribution in [2.45, 2.75) is 25.2 Å². The smallest absolute Gasteiger partial charge is 0.317 e. The molecular weight excluding hydrogens is 322 g/mol. The quantitative estimate of drug-likeness (QED) is 0.877. The summed E-state index contributed by atoms with van der Waals surface area (Å²) in [5, 5.41) is 2.81. The molecule has 1 N–H and O–H groups in total. The number of hydrogen-bond donors (Lipinski definition) is 1. The van der Waals surface area contributed by atoms with E-state index in [1.54, 1.807) is 11.9 Å². The van der Waals surface area contributed by atoms with Gasteiger partial charge in [0.05, 0.1) is 0 Å². The Labute approximate surface area is 146 Å². The first-order valence-corrected chi connectivity index (χ1v) is 8.54. The summed E-state index contributed by atoms with van der Waals surface area (Å²) >= 11 is 0. The van der Waals surface area contributed by atoms with Gasteiger partial charge in [0.2, 0.25) is 0 Å². The van der Waals surface area contributed by atoms with Gasteiger partial charge in [-0.1, -0.05) is 24.3 Å². The Kier molecular flexibility index (Phi) is 5.31. The van der Waals surface area contributed by atoms with Crippen LogP contribution < -0.4 is 5.32 Å². The van der Waals surface area contributed by atoms with Gasteiger partial charge in [-0.2, -0.15) is 0 Å². The average molecular weight is 344 g/mol. The van der Waals surface area contributed by atoms with Crippen LogP contribution >= 0.6 is 0 Å². The molecular formula is C20H22F2N2O. The number of amides is 2. The van der Waals surface area contributed by atoms with E-state index in [9.17, 15) is 13.6 Å². The molecule has 1 aliphatic rings. The predicted molar refractivity (Wildman–Crippen MR) is 93.6 cm³/mol. The minimum absolute atomic E-state index is 0.166. The van der Waals surface area contributed by atoms with E-state index in [1.165, 1.54) is 23.3 Å². The average Bonchev–Trinajstić information content (AvgIpc) is 2.97. The Morgan fingerprint density at radius 2 is 1.92 bits per heavy atom. The zero-order valence-electron chi connectivity index (χ0n) is 14.3. The number of nitrogens with one attached hydrogen (secondary N) is 1. The van der Waals surface area contributed by atoms with Gasteiger partial charge >= 0.3 is 6.03 Å². The Bertz CT molecular complexity index is 743. The van der Waals surface area contributed by atoms with Crippen LogP contribution in [0.3, 0.4) is 0 Å². The van der Waals surface area contributed by atoms with Gasteiger partial charge in [-0.25, -0.2) is 13.6 Å². The summed E-state index contributed by atoms with van der Waals surface area (Å²) in [5.41, 5.74) is 3.23. The highest BCUT2D eigenvalue weighted by Crippen LogP contribution is 2.33. The molecule has 1 aliphatic carbocycles. The highest BCUT2D eigenvalue weighted by molar-refractivity contribution is 5.74. The predicted octanol–water partition coefficient (Wildman–Crippen LogP) is 3.88. The number of halogens is 2. The largest absolute Gasteiger partial charge is 0.338 e. The van der Waals surface area contributed by atoms with Gasteiger partial charge in [0.1, 0.15) is 11.6 Å². The lowest BCUT2D eigenvalue weighted by atomic mass is 10.0. The van der Waals surface area contributed by atoms with E-state index in [1.807, 2.05) is 12.1 Å². The van der Waals surface area contributed by atoms with Crippen molar-refractivity contribution in [1.29, 1.82) is 0 Å². The van der Waals surface area contributed by atoms with Crippen LogP contribution in [0.25, 0.3) is 0 Å². The lowest BCUT2D eigenvalue weighted by molar-refractivity contribution is 0.206. The van der Waals surface area contributed by atoms with Crippen LogP contribution in [-0.4, -0.2) is 31.1 Å². The summed E-state index contributed by atoms with van der Waals surface area (Å²) in [6.07, 6.45) is 2.50.